The lowest BCUT2D eigenvalue weighted by atomic mass is 10.1. The molecule has 1 aromatic carbocycles. The molecule has 0 radical (unpaired) electrons. The van der Waals surface area contributed by atoms with Gasteiger partial charge in [0.05, 0.1) is 13.5 Å². The fraction of sp³-hybridized carbons (Fsp3) is 0.381. The van der Waals surface area contributed by atoms with E-state index in [-0.39, 0.29) is 29.6 Å². The van der Waals surface area contributed by atoms with Crippen LogP contribution in [0.5, 0.6) is 0 Å². The van der Waals surface area contributed by atoms with Crippen LogP contribution in [-0.2, 0) is 16.0 Å². The van der Waals surface area contributed by atoms with E-state index in [0.717, 1.165) is 0 Å². The normalized spacial score (nSPS) is 11.9. The summed E-state index contributed by atoms with van der Waals surface area (Å²) >= 11 is 0. The lowest BCUT2D eigenvalue weighted by Gasteiger charge is -2.20. The molecule has 0 spiro atoms. The Morgan fingerprint density at radius 1 is 1.25 bits per heavy atom. The van der Waals surface area contributed by atoms with E-state index in [1.807, 2.05) is 25.9 Å². The Hall–Kier alpha value is -2.93. The second kappa shape index (κ2) is 9.32. The highest BCUT2D eigenvalue weighted by Crippen LogP contribution is 2.14. The molecule has 0 aliphatic heterocycles. The Morgan fingerprint density at radius 3 is 2.61 bits per heavy atom. The average Bonchev–Trinajstić information content (AvgIpc) is 2.61. The zero-order chi connectivity index (χ0) is 20.8. The third-order valence-electron chi connectivity index (χ3n) is 4.42. The molecule has 0 saturated heterocycles. The topological polar surface area (TPSA) is 80.6 Å². The van der Waals surface area contributed by atoms with Crippen molar-refractivity contribution < 1.29 is 14.3 Å². The predicted octanol–water partition coefficient (Wildman–Crippen LogP) is 2.25. The van der Waals surface area contributed by atoms with Crippen LogP contribution < -0.4 is 10.9 Å². The number of nitrogens with zero attached hydrogens (tertiary/aromatic N) is 2. The molecule has 1 N–H and O–H groups in total. The fourth-order valence-electron chi connectivity index (χ4n) is 3.07. The molecule has 1 unspecified atom stereocenters. The molecule has 1 atom stereocenters. The number of carbonyl (C=O) groups excluding carboxylic acids is 2. The van der Waals surface area contributed by atoms with E-state index in [1.165, 1.54) is 7.11 Å². The van der Waals surface area contributed by atoms with E-state index >= 15 is 0 Å². The van der Waals surface area contributed by atoms with Gasteiger partial charge in [0.1, 0.15) is 5.56 Å². The maximum absolute atomic E-state index is 12.9. The van der Waals surface area contributed by atoms with Crippen molar-refractivity contribution in [1.82, 2.24) is 9.47 Å². The zero-order valence-corrected chi connectivity index (χ0v) is 17.0. The highest BCUT2D eigenvalue weighted by molar-refractivity contribution is 6.05. The number of methoxy groups -OCH3 is 1. The number of rotatable bonds is 7. The number of ether oxygens (including phenoxy) is 1. The Kier molecular flexibility index (Phi) is 7.12. The number of pyridine rings is 1. The summed E-state index contributed by atoms with van der Waals surface area (Å²) in [7, 11) is 5.20. The molecule has 28 heavy (non-hydrogen) atoms. The number of carbonyl (C=O) groups is 2. The van der Waals surface area contributed by atoms with Gasteiger partial charge in [-0.15, -0.1) is 0 Å². The van der Waals surface area contributed by atoms with E-state index in [0.29, 0.717) is 23.4 Å². The van der Waals surface area contributed by atoms with Crippen molar-refractivity contribution in [1.29, 1.82) is 0 Å². The number of hydrogen-bond donors (Lipinski definition) is 1. The minimum Gasteiger partial charge on any atom is -0.469 e. The van der Waals surface area contributed by atoms with Crippen molar-refractivity contribution >= 4 is 17.6 Å². The van der Waals surface area contributed by atoms with Gasteiger partial charge < -0.3 is 19.5 Å². The minimum atomic E-state index is -0.468. The molecule has 0 aliphatic carbocycles. The van der Waals surface area contributed by atoms with Gasteiger partial charge in [0.25, 0.3) is 11.5 Å². The highest BCUT2D eigenvalue weighted by Gasteiger charge is 2.18. The first kappa shape index (κ1) is 21.4. The van der Waals surface area contributed by atoms with Crippen molar-refractivity contribution in [3.63, 3.8) is 0 Å². The summed E-state index contributed by atoms with van der Waals surface area (Å²) in [5.41, 5.74) is 1.64. The van der Waals surface area contributed by atoms with Crippen LogP contribution in [0.4, 0.5) is 5.69 Å². The molecule has 7 heteroatoms. The third-order valence-corrected chi connectivity index (χ3v) is 4.42. The fourth-order valence-corrected chi connectivity index (χ4v) is 3.07. The standard InChI is InChI=1S/C21H27N3O4/c1-14-9-10-24(15(2)13-23(3)4)21(27)19(14)20(26)22-17-8-6-7-16(11-17)12-18(25)28-5/h6-11,15H,12-13H2,1-5H3,(H,22,26). The molecule has 0 bridgehead atoms. The maximum Gasteiger partial charge on any atom is 0.309 e. The summed E-state index contributed by atoms with van der Waals surface area (Å²) in [5.74, 6) is -0.829. The molecule has 0 saturated carbocycles. The Balaban J connectivity index is 2.28. The van der Waals surface area contributed by atoms with Gasteiger partial charge in [-0.25, -0.2) is 0 Å². The van der Waals surface area contributed by atoms with Crippen molar-refractivity contribution in [3.8, 4) is 0 Å². The summed E-state index contributed by atoms with van der Waals surface area (Å²) < 4.78 is 6.24. The van der Waals surface area contributed by atoms with Crippen LogP contribution in [0.3, 0.4) is 0 Å². The van der Waals surface area contributed by atoms with Crippen molar-refractivity contribution in [3.05, 3.63) is 63.6 Å². The van der Waals surface area contributed by atoms with Gasteiger partial charge in [-0.05, 0) is 57.3 Å². The Morgan fingerprint density at radius 2 is 1.96 bits per heavy atom. The van der Waals surface area contributed by atoms with Crippen LogP contribution >= 0.6 is 0 Å². The Labute approximate surface area is 164 Å². The first-order valence-electron chi connectivity index (χ1n) is 9.06. The first-order valence-corrected chi connectivity index (χ1v) is 9.06. The number of benzene rings is 1. The summed E-state index contributed by atoms with van der Waals surface area (Å²) in [6.07, 6.45) is 1.83. The van der Waals surface area contributed by atoms with Crippen molar-refractivity contribution in [2.24, 2.45) is 0 Å². The largest absolute Gasteiger partial charge is 0.469 e. The number of hydrogen-bond acceptors (Lipinski definition) is 5. The van der Waals surface area contributed by atoms with Gasteiger partial charge in [0.15, 0.2) is 0 Å². The van der Waals surface area contributed by atoms with E-state index in [1.54, 1.807) is 48.0 Å². The van der Waals surface area contributed by atoms with Crippen LogP contribution in [0.25, 0.3) is 0 Å². The van der Waals surface area contributed by atoms with Gasteiger partial charge in [-0.2, -0.15) is 0 Å². The molecule has 7 nitrogen and oxygen atoms in total. The molecule has 2 rings (SSSR count). The summed E-state index contributed by atoms with van der Waals surface area (Å²) in [6, 6.07) is 8.62. The molecule has 1 aromatic heterocycles. The van der Waals surface area contributed by atoms with Crippen LogP contribution in [0.15, 0.2) is 41.3 Å². The SMILES string of the molecule is COC(=O)Cc1cccc(NC(=O)c2c(C)ccn(C(C)CN(C)C)c2=O)c1. The molecule has 0 aliphatic rings. The van der Waals surface area contributed by atoms with E-state index < -0.39 is 5.91 Å². The number of nitrogens with one attached hydrogen (secondary N) is 1. The third kappa shape index (κ3) is 5.29. The minimum absolute atomic E-state index is 0.0713. The number of esters is 1. The van der Waals surface area contributed by atoms with Gasteiger partial charge in [0, 0.05) is 24.5 Å². The van der Waals surface area contributed by atoms with Gasteiger partial charge in [0.2, 0.25) is 0 Å². The van der Waals surface area contributed by atoms with Crippen LogP contribution in [-0.4, -0.2) is 49.1 Å². The van der Waals surface area contributed by atoms with Crippen LogP contribution in [0, 0.1) is 6.92 Å². The van der Waals surface area contributed by atoms with Crippen LogP contribution in [0.1, 0.15) is 34.5 Å². The first-order chi connectivity index (χ1) is 13.2. The summed E-state index contributed by atoms with van der Waals surface area (Å²) in [6.45, 7) is 4.36. The monoisotopic (exact) mass is 385 g/mol. The molecular weight excluding hydrogens is 358 g/mol. The van der Waals surface area contributed by atoms with E-state index in [9.17, 15) is 14.4 Å². The smallest absolute Gasteiger partial charge is 0.309 e. The molecule has 1 heterocycles. The second-order valence-electron chi connectivity index (χ2n) is 7.10. The zero-order valence-electron chi connectivity index (χ0n) is 17.0. The predicted molar refractivity (Wildman–Crippen MR) is 109 cm³/mol. The molecule has 150 valence electrons. The lowest BCUT2D eigenvalue weighted by Crippen LogP contribution is -2.34. The average molecular weight is 385 g/mol. The molecule has 2 aromatic rings. The van der Waals surface area contributed by atoms with Gasteiger partial charge >= 0.3 is 5.97 Å². The number of aromatic nitrogens is 1. The van der Waals surface area contributed by atoms with Crippen molar-refractivity contribution in [2.75, 3.05) is 33.1 Å². The van der Waals surface area contributed by atoms with E-state index in [2.05, 4.69) is 10.1 Å². The second-order valence-corrected chi connectivity index (χ2v) is 7.10. The van der Waals surface area contributed by atoms with Crippen LogP contribution in [0.2, 0.25) is 0 Å². The summed E-state index contributed by atoms with van der Waals surface area (Å²) in [4.78, 5) is 39.2. The van der Waals surface area contributed by atoms with E-state index in [4.69, 9.17) is 0 Å². The molecule has 0 fully saturated rings. The van der Waals surface area contributed by atoms with Crippen molar-refractivity contribution in [2.45, 2.75) is 26.3 Å². The number of amides is 1. The van der Waals surface area contributed by atoms with Gasteiger partial charge in [-0.1, -0.05) is 12.1 Å². The molecular formula is C21H27N3O4. The summed E-state index contributed by atoms with van der Waals surface area (Å²) in [5, 5.41) is 2.76. The number of likely N-dealkylation sites (N-methyl/N-ethyl adjacent to an activating group) is 1. The lowest BCUT2D eigenvalue weighted by molar-refractivity contribution is -0.139. The molecule has 1 amide bonds. The van der Waals surface area contributed by atoms with Gasteiger partial charge in [-0.3, -0.25) is 14.4 Å². The quantitative estimate of drug-likeness (QED) is 0.740. The number of anilines is 1. The highest BCUT2D eigenvalue weighted by atomic mass is 16.5. The Bertz CT molecular complexity index is 918. The maximum atomic E-state index is 12.9. The number of aryl methyl sites for hydroxylation is 1.